The van der Waals surface area contributed by atoms with E-state index in [2.05, 4.69) is 27.9 Å². The van der Waals surface area contributed by atoms with E-state index in [-0.39, 0.29) is 0 Å². The third-order valence-electron chi connectivity index (χ3n) is 2.04. The molecular formula is C11H16ClIN2O. The third-order valence-corrected chi connectivity index (χ3v) is 3.02. The summed E-state index contributed by atoms with van der Waals surface area (Å²) in [4.78, 5) is 1.95. The van der Waals surface area contributed by atoms with Crippen LogP contribution in [0.2, 0.25) is 5.02 Å². The molecule has 16 heavy (non-hydrogen) atoms. The Labute approximate surface area is 115 Å². The normalized spacial score (nSPS) is 12.9. The van der Waals surface area contributed by atoms with E-state index in [0.29, 0.717) is 18.1 Å². The van der Waals surface area contributed by atoms with Gasteiger partial charge in [0.1, 0.15) is 0 Å². The van der Waals surface area contributed by atoms with Crippen molar-refractivity contribution in [3.8, 4) is 0 Å². The summed E-state index contributed by atoms with van der Waals surface area (Å²) in [5.74, 6) is 0. The molecule has 1 aromatic carbocycles. The highest BCUT2D eigenvalue weighted by Crippen LogP contribution is 2.23. The van der Waals surface area contributed by atoms with E-state index in [1.807, 2.05) is 37.2 Å². The van der Waals surface area contributed by atoms with Gasteiger partial charge in [-0.05, 0) is 54.9 Å². The van der Waals surface area contributed by atoms with Crippen molar-refractivity contribution in [2.24, 2.45) is 0 Å². The first-order valence-electron chi connectivity index (χ1n) is 5.00. The lowest BCUT2D eigenvalue weighted by Gasteiger charge is -2.17. The summed E-state index contributed by atoms with van der Waals surface area (Å²) in [7, 11) is 3.86. The zero-order valence-corrected chi connectivity index (χ0v) is 12.3. The van der Waals surface area contributed by atoms with Gasteiger partial charge >= 0.3 is 0 Å². The van der Waals surface area contributed by atoms with E-state index in [1.165, 1.54) is 0 Å². The highest BCUT2D eigenvalue weighted by atomic mass is 127. The summed E-state index contributed by atoms with van der Waals surface area (Å²) in [5.41, 5.74) is 0.861. The van der Waals surface area contributed by atoms with Gasteiger partial charge in [0, 0.05) is 16.7 Å². The number of nitrogens with zero attached hydrogens (tertiary/aromatic N) is 1. The summed E-state index contributed by atoms with van der Waals surface area (Å²) >= 11 is 8.27. The van der Waals surface area contributed by atoms with Gasteiger partial charge in [0.25, 0.3) is 0 Å². The quantitative estimate of drug-likeness (QED) is 0.797. The first-order valence-corrected chi connectivity index (χ1v) is 6.46. The maximum Gasteiger partial charge on any atom is 0.0838 e. The molecule has 0 spiro atoms. The number of likely N-dealkylation sites (N-methyl/N-ethyl adjacent to an activating group) is 1. The van der Waals surface area contributed by atoms with Crippen molar-refractivity contribution in [1.82, 2.24) is 4.90 Å². The van der Waals surface area contributed by atoms with Crippen molar-refractivity contribution in [2.45, 2.75) is 6.10 Å². The molecule has 3 nitrogen and oxygen atoms in total. The Bertz CT molecular complexity index is 347. The molecule has 0 aromatic heterocycles. The highest BCUT2D eigenvalue weighted by Gasteiger charge is 2.06. The molecule has 1 aromatic rings. The number of aliphatic hydroxyl groups excluding tert-OH is 1. The van der Waals surface area contributed by atoms with Crippen LogP contribution in [0.3, 0.4) is 0 Å². The fraction of sp³-hybridized carbons (Fsp3) is 0.455. The van der Waals surface area contributed by atoms with Crippen LogP contribution >= 0.6 is 34.2 Å². The Morgan fingerprint density at radius 3 is 2.75 bits per heavy atom. The summed E-state index contributed by atoms with van der Waals surface area (Å²) in [5, 5.41) is 13.5. The number of hydrogen-bond donors (Lipinski definition) is 2. The van der Waals surface area contributed by atoms with Crippen LogP contribution in [-0.4, -0.2) is 43.3 Å². The first kappa shape index (κ1) is 14.0. The van der Waals surface area contributed by atoms with E-state index in [9.17, 15) is 5.11 Å². The molecule has 0 heterocycles. The largest absolute Gasteiger partial charge is 0.390 e. The van der Waals surface area contributed by atoms with Crippen LogP contribution in [0.25, 0.3) is 0 Å². The van der Waals surface area contributed by atoms with E-state index >= 15 is 0 Å². The fourth-order valence-corrected chi connectivity index (χ4v) is 2.27. The minimum atomic E-state index is -0.398. The van der Waals surface area contributed by atoms with Gasteiger partial charge in [0.15, 0.2) is 0 Å². The van der Waals surface area contributed by atoms with Crippen LogP contribution in [-0.2, 0) is 0 Å². The molecule has 0 aliphatic heterocycles. The maximum atomic E-state index is 9.68. The SMILES string of the molecule is CN(C)CC(O)CNc1ccc(I)cc1Cl. The predicted molar refractivity (Wildman–Crippen MR) is 77.2 cm³/mol. The molecule has 0 saturated heterocycles. The monoisotopic (exact) mass is 354 g/mol. The van der Waals surface area contributed by atoms with Crippen LogP contribution in [0.15, 0.2) is 18.2 Å². The second kappa shape index (κ2) is 6.64. The second-order valence-corrected chi connectivity index (χ2v) is 5.57. The number of hydrogen-bond acceptors (Lipinski definition) is 3. The van der Waals surface area contributed by atoms with Crippen molar-refractivity contribution < 1.29 is 5.11 Å². The minimum Gasteiger partial charge on any atom is -0.390 e. The average molecular weight is 355 g/mol. The Balaban J connectivity index is 2.48. The number of benzene rings is 1. The van der Waals surface area contributed by atoms with Gasteiger partial charge in [0.05, 0.1) is 16.8 Å². The molecule has 90 valence electrons. The topological polar surface area (TPSA) is 35.5 Å². The third kappa shape index (κ3) is 4.86. The summed E-state index contributed by atoms with van der Waals surface area (Å²) < 4.78 is 1.10. The van der Waals surface area contributed by atoms with Crippen molar-refractivity contribution in [1.29, 1.82) is 0 Å². The summed E-state index contributed by atoms with van der Waals surface area (Å²) in [6.07, 6.45) is -0.398. The molecule has 0 fully saturated rings. The Kier molecular flexibility index (Phi) is 5.82. The molecular weight excluding hydrogens is 338 g/mol. The van der Waals surface area contributed by atoms with Crippen molar-refractivity contribution in [2.75, 3.05) is 32.5 Å². The number of aliphatic hydroxyl groups is 1. The Hall–Kier alpha value is -0.0400. The lowest BCUT2D eigenvalue weighted by atomic mass is 10.3. The van der Waals surface area contributed by atoms with Crippen molar-refractivity contribution in [3.05, 3.63) is 26.8 Å². The fourth-order valence-electron chi connectivity index (χ4n) is 1.35. The predicted octanol–water partition coefficient (Wildman–Crippen LogP) is 2.28. The van der Waals surface area contributed by atoms with E-state index in [1.54, 1.807) is 0 Å². The molecule has 0 amide bonds. The van der Waals surface area contributed by atoms with Crippen molar-refractivity contribution in [3.63, 3.8) is 0 Å². The number of rotatable bonds is 5. The number of anilines is 1. The summed E-state index contributed by atoms with van der Waals surface area (Å²) in [6.45, 7) is 1.13. The van der Waals surface area contributed by atoms with Crippen LogP contribution in [0.5, 0.6) is 0 Å². The van der Waals surface area contributed by atoms with Crippen LogP contribution in [0.4, 0.5) is 5.69 Å². The van der Waals surface area contributed by atoms with Crippen LogP contribution in [0.1, 0.15) is 0 Å². The van der Waals surface area contributed by atoms with Crippen LogP contribution < -0.4 is 5.32 Å². The van der Waals surface area contributed by atoms with Gasteiger partial charge in [-0.15, -0.1) is 0 Å². The van der Waals surface area contributed by atoms with E-state index in [0.717, 1.165) is 9.26 Å². The smallest absolute Gasteiger partial charge is 0.0838 e. The standard InChI is InChI=1S/C11H16ClIN2O/c1-15(2)7-9(16)6-14-11-4-3-8(13)5-10(11)12/h3-5,9,14,16H,6-7H2,1-2H3. The maximum absolute atomic E-state index is 9.68. The Morgan fingerprint density at radius 2 is 2.19 bits per heavy atom. The molecule has 1 rings (SSSR count). The lowest BCUT2D eigenvalue weighted by Crippen LogP contribution is -2.31. The van der Waals surface area contributed by atoms with Gasteiger partial charge in [-0.25, -0.2) is 0 Å². The molecule has 1 atom stereocenters. The van der Waals surface area contributed by atoms with E-state index in [4.69, 9.17) is 11.6 Å². The highest BCUT2D eigenvalue weighted by molar-refractivity contribution is 14.1. The zero-order valence-electron chi connectivity index (χ0n) is 9.37. The van der Waals surface area contributed by atoms with Crippen LogP contribution in [0, 0.1) is 3.57 Å². The number of halogens is 2. The molecule has 0 aliphatic rings. The molecule has 1 unspecified atom stereocenters. The van der Waals surface area contributed by atoms with Crippen molar-refractivity contribution >= 4 is 39.9 Å². The average Bonchev–Trinajstić information content (AvgIpc) is 2.15. The molecule has 0 aliphatic carbocycles. The molecule has 2 N–H and O–H groups in total. The van der Waals surface area contributed by atoms with Gasteiger partial charge in [-0.1, -0.05) is 11.6 Å². The van der Waals surface area contributed by atoms with Gasteiger partial charge in [0.2, 0.25) is 0 Å². The second-order valence-electron chi connectivity index (χ2n) is 3.92. The molecule has 5 heteroatoms. The zero-order chi connectivity index (χ0) is 12.1. The number of nitrogens with one attached hydrogen (secondary N) is 1. The summed E-state index contributed by atoms with van der Waals surface area (Å²) in [6, 6.07) is 5.79. The Morgan fingerprint density at radius 1 is 1.50 bits per heavy atom. The molecule has 0 saturated carbocycles. The lowest BCUT2D eigenvalue weighted by molar-refractivity contribution is 0.148. The van der Waals surface area contributed by atoms with Gasteiger partial charge < -0.3 is 15.3 Å². The van der Waals surface area contributed by atoms with Gasteiger partial charge in [-0.2, -0.15) is 0 Å². The molecule has 0 radical (unpaired) electrons. The minimum absolute atomic E-state index is 0.398. The van der Waals surface area contributed by atoms with E-state index < -0.39 is 6.10 Å². The first-order chi connectivity index (χ1) is 7.49. The molecule has 0 bridgehead atoms. The van der Waals surface area contributed by atoms with Gasteiger partial charge in [-0.3, -0.25) is 0 Å².